The van der Waals surface area contributed by atoms with Crippen LogP contribution in [-0.2, 0) is 0 Å². The molecular formula is C12H9BrN2O3S. The van der Waals surface area contributed by atoms with E-state index in [1.165, 1.54) is 12.1 Å². The first-order valence-electron chi connectivity index (χ1n) is 5.29. The Labute approximate surface area is 121 Å². The molecule has 0 aliphatic rings. The lowest BCUT2D eigenvalue weighted by Crippen LogP contribution is -2.10. The highest BCUT2D eigenvalue weighted by atomic mass is 79.9. The number of nitrogens with zero attached hydrogens (tertiary/aromatic N) is 1. The maximum Gasteiger partial charge on any atom is 0.324 e. The zero-order valence-electron chi connectivity index (χ0n) is 9.84. The van der Waals surface area contributed by atoms with Gasteiger partial charge in [-0.05, 0) is 36.8 Å². The van der Waals surface area contributed by atoms with Crippen LogP contribution in [0.4, 0.5) is 10.7 Å². The minimum atomic E-state index is -0.508. The van der Waals surface area contributed by atoms with E-state index in [1.54, 1.807) is 6.07 Å². The molecule has 1 aromatic heterocycles. The second kappa shape index (κ2) is 5.50. The van der Waals surface area contributed by atoms with E-state index < -0.39 is 4.92 Å². The minimum Gasteiger partial charge on any atom is -0.321 e. The number of anilines is 1. The Balaban J connectivity index is 2.18. The molecule has 0 fully saturated rings. The lowest BCUT2D eigenvalue weighted by atomic mass is 10.2. The normalized spacial score (nSPS) is 10.2. The van der Waals surface area contributed by atoms with Crippen molar-refractivity contribution in [1.29, 1.82) is 0 Å². The van der Waals surface area contributed by atoms with Gasteiger partial charge < -0.3 is 5.32 Å². The second-order valence-electron chi connectivity index (χ2n) is 3.81. The van der Waals surface area contributed by atoms with E-state index in [1.807, 2.05) is 19.1 Å². The van der Waals surface area contributed by atoms with Gasteiger partial charge in [0.05, 0.1) is 9.80 Å². The standard InChI is InChI=1S/C12H9BrN2O3S/c1-7-6-8(13)2-3-9(7)14-12(16)10-4-5-11(19-10)15(17)18/h2-6H,1H3,(H,14,16). The fourth-order valence-electron chi connectivity index (χ4n) is 1.50. The summed E-state index contributed by atoms with van der Waals surface area (Å²) in [7, 11) is 0. The first-order chi connectivity index (χ1) is 8.97. The molecule has 1 amide bonds. The van der Waals surface area contributed by atoms with Crippen LogP contribution < -0.4 is 5.32 Å². The number of hydrogen-bond donors (Lipinski definition) is 1. The molecule has 0 aliphatic carbocycles. The summed E-state index contributed by atoms with van der Waals surface area (Å²) in [5.41, 5.74) is 1.60. The van der Waals surface area contributed by atoms with Gasteiger partial charge in [-0.15, -0.1) is 0 Å². The van der Waals surface area contributed by atoms with Crippen LogP contribution in [0.25, 0.3) is 0 Å². The van der Waals surface area contributed by atoms with Gasteiger partial charge in [-0.3, -0.25) is 14.9 Å². The van der Waals surface area contributed by atoms with Crippen LogP contribution in [0.5, 0.6) is 0 Å². The van der Waals surface area contributed by atoms with Gasteiger partial charge in [-0.25, -0.2) is 0 Å². The molecule has 1 heterocycles. The zero-order valence-corrected chi connectivity index (χ0v) is 12.2. The Kier molecular flexibility index (Phi) is 3.96. The minimum absolute atomic E-state index is 0.0438. The number of benzene rings is 1. The van der Waals surface area contributed by atoms with Gasteiger partial charge in [0.15, 0.2) is 0 Å². The second-order valence-corrected chi connectivity index (χ2v) is 5.79. The van der Waals surface area contributed by atoms with Gasteiger partial charge in [0.2, 0.25) is 0 Å². The number of hydrogen-bond acceptors (Lipinski definition) is 4. The van der Waals surface area contributed by atoms with Gasteiger partial charge in [0, 0.05) is 16.2 Å². The molecule has 98 valence electrons. The van der Waals surface area contributed by atoms with E-state index in [-0.39, 0.29) is 10.9 Å². The fourth-order valence-corrected chi connectivity index (χ4v) is 2.69. The molecule has 19 heavy (non-hydrogen) atoms. The summed E-state index contributed by atoms with van der Waals surface area (Å²) >= 11 is 4.20. The average Bonchev–Trinajstić information content (AvgIpc) is 2.82. The van der Waals surface area contributed by atoms with Crippen molar-refractivity contribution in [2.45, 2.75) is 6.92 Å². The number of nitrogens with one attached hydrogen (secondary N) is 1. The lowest BCUT2D eigenvalue weighted by molar-refractivity contribution is -0.380. The molecule has 0 radical (unpaired) electrons. The Hall–Kier alpha value is -1.73. The Morgan fingerprint density at radius 2 is 2.11 bits per heavy atom. The van der Waals surface area contributed by atoms with Gasteiger partial charge in [-0.1, -0.05) is 27.3 Å². The monoisotopic (exact) mass is 340 g/mol. The van der Waals surface area contributed by atoms with Crippen molar-refractivity contribution in [1.82, 2.24) is 0 Å². The smallest absolute Gasteiger partial charge is 0.321 e. The zero-order chi connectivity index (χ0) is 14.0. The molecule has 2 aromatic rings. The molecule has 0 saturated heterocycles. The van der Waals surface area contributed by atoms with Crippen molar-refractivity contribution in [3.8, 4) is 0 Å². The maximum atomic E-state index is 12.0. The summed E-state index contributed by atoms with van der Waals surface area (Å²) in [6.45, 7) is 1.87. The quantitative estimate of drug-likeness (QED) is 0.678. The molecule has 7 heteroatoms. The van der Waals surface area contributed by atoms with Gasteiger partial charge >= 0.3 is 5.00 Å². The number of carbonyl (C=O) groups excluding carboxylic acids is 1. The highest BCUT2D eigenvalue weighted by Crippen LogP contribution is 2.26. The number of nitro groups is 1. The van der Waals surface area contributed by atoms with E-state index in [0.29, 0.717) is 10.6 Å². The summed E-state index contributed by atoms with van der Waals surface area (Å²) in [6.07, 6.45) is 0. The molecule has 1 N–H and O–H groups in total. The maximum absolute atomic E-state index is 12.0. The molecule has 0 aliphatic heterocycles. The Morgan fingerprint density at radius 1 is 1.37 bits per heavy atom. The van der Waals surface area contributed by atoms with Gasteiger partial charge in [0.25, 0.3) is 5.91 Å². The predicted octanol–water partition coefficient (Wildman–Crippen LogP) is 3.98. The number of carbonyl (C=O) groups is 1. The first-order valence-corrected chi connectivity index (χ1v) is 6.90. The van der Waals surface area contributed by atoms with E-state index in [0.717, 1.165) is 21.4 Å². The van der Waals surface area contributed by atoms with Crippen molar-refractivity contribution in [3.05, 3.63) is 55.4 Å². The highest BCUT2D eigenvalue weighted by molar-refractivity contribution is 9.10. The number of aryl methyl sites for hydroxylation is 1. The molecule has 1 aromatic carbocycles. The number of thiophene rings is 1. The molecule has 0 saturated carbocycles. The third kappa shape index (κ3) is 3.18. The van der Waals surface area contributed by atoms with Crippen LogP contribution in [-0.4, -0.2) is 10.8 Å². The third-order valence-corrected chi connectivity index (χ3v) is 3.96. The summed E-state index contributed by atoms with van der Waals surface area (Å²) in [5.74, 6) is -0.344. The molecule has 0 unspecified atom stereocenters. The van der Waals surface area contributed by atoms with Gasteiger partial charge in [-0.2, -0.15) is 0 Å². The van der Waals surface area contributed by atoms with Crippen LogP contribution in [0.15, 0.2) is 34.8 Å². The van der Waals surface area contributed by atoms with Crippen molar-refractivity contribution in [2.75, 3.05) is 5.32 Å². The fraction of sp³-hybridized carbons (Fsp3) is 0.0833. The van der Waals surface area contributed by atoms with Crippen molar-refractivity contribution >= 4 is 43.9 Å². The number of amides is 1. The molecule has 5 nitrogen and oxygen atoms in total. The van der Waals surface area contributed by atoms with Crippen LogP contribution >= 0.6 is 27.3 Å². The molecule has 0 atom stereocenters. The van der Waals surface area contributed by atoms with Crippen LogP contribution in [0.2, 0.25) is 0 Å². The molecule has 0 spiro atoms. The summed E-state index contributed by atoms with van der Waals surface area (Å²) in [6, 6.07) is 8.26. The van der Waals surface area contributed by atoms with Crippen LogP contribution in [0, 0.1) is 17.0 Å². The Morgan fingerprint density at radius 3 is 2.68 bits per heavy atom. The van der Waals surface area contributed by atoms with E-state index in [9.17, 15) is 14.9 Å². The molecule has 2 rings (SSSR count). The van der Waals surface area contributed by atoms with Crippen molar-refractivity contribution in [2.24, 2.45) is 0 Å². The lowest BCUT2D eigenvalue weighted by Gasteiger charge is -2.07. The molecular weight excluding hydrogens is 332 g/mol. The SMILES string of the molecule is Cc1cc(Br)ccc1NC(=O)c1ccc([N+](=O)[O-])s1. The van der Waals surface area contributed by atoms with Gasteiger partial charge in [0.1, 0.15) is 0 Å². The summed E-state index contributed by atoms with van der Waals surface area (Å²) < 4.78 is 0.926. The van der Waals surface area contributed by atoms with Crippen molar-refractivity contribution in [3.63, 3.8) is 0 Å². The average molecular weight is 341 g/mol. The van der Waals surface area contributed by atoms with E-state index in [4.69, 9.17) is 0 Å². The van der Waals surface area contributed by atoms with Crippen LogP contribution in [0.3, 0.4) is 0 Å². The van der Waals surface area contributed by atoms with Crippen LogP contribution in [0.1, 0.15) is 15.2 Å². The predicted molar refractivity (Wildman–Crippen MR) is 77.8 cm³/mol. The van der Waals surface area contributed by atoms with E-state index in [2.05, 4.69) is 21.2 Å². The number of rotatable bonds is 3. The summed E-state index contributed by atoms with van der Waals surface area (Å²) in [5, 5.41) is 13.3. The largest absolute Gasteiger partial charge is 0.324 e. The Bertz CT molecular complexity index is 654. The van der Waals surface area contributed by atoms with Crippen molar-refractivity contribution < 1.29 is 9.72 Å². The molecule has 0 bridgehead atoms. The topological polar surface area (TPSA) is 72.2 Å². The highest BCUT2D eigenvalue weighted by Gasteiger charge is 2.15. The van der Waals surface area contributed by atoms with E-state index >= 15 is 0 Å². The number of halogens is 1. The first kappa shape index (κ1) is 13.7. The summed E-state index contributed by atoms with van der Waals surface area (Å²) in [4.78, 5) is 22.3. The third-order valence-electron chi connectivity index (χ3n) is 2.43.